The molecule has 4 heteroatoms. The van der Waals surface area contributed by atoms with Crippen LogP contribution in [0.25, 0.3) is 6.08 Å². The summed E-state index contributed by atoms with van der Waals surface area (Å²) in [5.74, 6) is 0.184. The molecule has 0 saturated heterocycles. The maximum atomic E-state index is 11.7. The molecule has 0 aliphatic heterocycles. The summed E-state index contributed by atoms with van der Waals surface area (Å²) in [5, 5.41) is 9.01. The number of esters is 1. The minimum absolute atomic E-state index is 0.00487. The number of unbranched alkanes of at least 4 members (excludes halogenated alkanes) is 1. The number of carbonyl (C=O) groups is 1. The molecular weight excluding hydrogens is 254 g/mol. The van der Waals surface area contributed by atoms with Crippen molar-refractivity contribution in [3.05, 3.63) is 35.4 Å². The molecule has 0 aliphatic carbocycles. The van der Waals surface area contributed by atoms with E-state index >= 15 is 0 Å². The summed E-state index contributed by atoms with van der Waals surface area (Å²) in [4.78, 5) is 11.7. The van der Waals surface area contributed by atoms with Crippen molar-refractivity contribution in [3.63, 3.8) is 0 Å². The lowest BCUT2D eigenvalue weighted by Crippen LogP contribution is -2.07. The van der Waals surface area contributed by atoms with Gasteiger partial charge in [-0.1, -0.05) is 25.5 Å². The maximum absolute atomic E-state index is 11.7. The summed E-state index contributed by atoms with van der Waals surface area (Å²) in [6, 6.07) is 9.06. The summed E-state index contributed by atoms with van der Waals surface area (Å²) >= 11 is 0. The van der Waals surface area contributed by atoms with Crippen LogP contribution in [0.4, 0.5) is 0 Å². The van der Waals surface area contributed by atoms with E-state index in [0.717, 1.165) is 24.2 Å². The van der Waals surface area contributed by atoms with E-state index in [-0.39, 0.29) is 5.57 Å². The first kappa shape index (κ1) is 15.8. The number of nitriles is 1. The smallest absolute Gasteiger partial charge is 0.348 e. The number of benzene rings is 1. The Morgan fingerprint density at radius 3 is 2.55 bits per heavy atom. The van der Waals surface area contributed by atoms with Gasteiger partial charge in [0.25, 0.3) is 0 Å². The van der Waals surface area contributed by atoms with Crippen LogP contribution in [0.2, 0.25) is 0 Å². The third-order valence-corrected chi connectivity index (χ3v) is 2.57. The zero-order chi connectivity index (χ0) is 14.8. The fourth-order valence-electron chi connectivity index (χ4n) is 1.52. The van der Waals surface area contributed by atoms with E-state index in [0.29, 0.717) is 13.2 Å². The van der Waals surface area contributed by atoms with Crippen LogP contribution in [0.5, 0.6) is 5.75 Å². The highest BCUT2D eigenvalue weighted by Gasteiger charge is 2.10. The molecule has 0 fully saturated rings. The number of rotatable bonds is 7. The molecule has 1 aromatic carbocycles. The average Bonchev–Trinajstić information content (AvgIpc) is 2.47. The molecule has 1 aromatic rings. The molecular formula is C16H19NO3. The third kappa shape index (κ3) is 5.15. The standard InChI is InChI=1S/C16H19NO3/c1-3-5-10-20-16(18)14(12-17)11-13-6-8-15(9-7-13)19-4-2/h6-9,11H,3-5,10H2,1-2H3. The van der Waals surface area contributed by atoms with Crippen molar-refractivity contribution < 1.29 is 14.3 Å². The van der Waals surface area contributed by atoms with Crippen molar-refractivity contribution in [2.45, 2.75) is 26.7 Å². The van der Waals surface area contributed by atoms with Gasteiger partial charge >= 0.3 is 5.97 Å². The lowest BCUT2D eigenvalue weighted by atomic mass is 10.1. The third-order valence-electron chi connectivity index (χ3n) is 2.57. The van der Waals surface area contributed by atoms with Gasteiger partial charge in [0.15, 0.2) is 0 Å². The molecule has 0 N–H and O–H groups in total. The predicted octanol–water partition coefficient (Wildman–Crippen LogP) is 3.34. The highest BCUT2D eigenvalue weighted by molar-refractivity contribution is 5.97. The molecule has 0 heterocycles. The minimum Gasteiger partial charge on any atom is -0.494 e. The zero-order valence-electron chi connectivity index (χ0n) is 11.9. The topological polar surface area (TPSA) is 59.3 Å². The Morgan fingerprint density at radius 1 is 1.30 bits per heavy atom. The molecule has 1 rings (SSSR count). The fraction of sp³-hybridized carbons (Fsp3) is 0.375. The summed E-state index contributed by atoms with van der Waals surface area (Å²) in [6.07, 6.45) is 3.26. The van der Waals surface area contributed by atoms with Gasteiger partial charge < -0.3 is 9.47 Å². The second-order valence-corrected chi connectivity index (χ2v) is 4.16. The highest BCUT2D eigenvalue weighted by atomic mass is 16.5. The molecule has 20 heavy (non-hydrogen) atoms. The zero-order valence-corrected chi connectivity index (χ0v) is 11.9. The molecule has 0 aliphatic rings. The number of nitrogens with zero attached hydrogens (tertiary/aromatic N) is 1. The van der Waals surface area contributed by atoms with E-state index in [4.69, 9.17) is 14.7 Å². The van der Waals surface area contributed by atoms with E-state index in [1.54, 1.807) is 24.3 Å². The maximum Gasteiger partial charge on any atom is 0.348 e. The Balaban J connectivity index is 2.73. The molecule has 106 valence electrons. The summed E-state index contributed by atoms with van der Waals surface area (Å²) in [5.41, 5.74) is 0.766. The van der Waals surface area contributed by atoms with Crippen LogP contribution in [0.15, 0.2) is 29.8 Å². The van der Waals surface area contributed by atoms with Crippen molar-refractivity contribution in [2.75, 3.05) is 13.2 Å². The van der Waals surface area contributed by atoms with Gasteiger partial charge in [-0.2, -0.15) is 5.26 Å². The second-order valence-electron chi connectivity index (χ2n) is 4.16. The van der Waals surface area contributed by atoms with Crippen molar-refractivity contribution in [1.82, 2.24) is 0 Å². The first-order valence-electron chi connectivity index (χ1n) is 6.73. The first-order valence-corrected chi connectivity index (χ1v) is 6.73. The van der Waals surface area contributed by atoms with E-state index in [1.165, 1.54) is 6.08 Å². The molecule has 0 bridgehead atoms. The average molecular weight is 273 g/mol. The minimum atomic E-state index is -0.574. The van der Waals surface area contributed by atoms with Gasteiger partial charge in [-0.25, -0.2) is 4.79 Å². The Kier molecular flexibility index (Phi) is 6.91. The molecule has 0 aromatic heterocycles. The molecule has 0 saturated carbocycles. The van der Waals surface area contributed by atoms with Crippen molar-refractivity contribution in [2.24, 2.45) is 0 Å². The Labute approximate surface area is 119 Å². The first-order chi connectivity index (χ1) is 9.71. The molecule has 0 amide bonds. The quantitative estimate of drug-likeness (QED) is 0.331. The number of hydrogen-bond donors (Lipinski definition) is 0. The molecule has 0 radical (unpaired) electrons. The van der Waals surface area contributed by atoms with Crippen LogP contribution in [0.1, 0.15) is 32.3 Å². The van der Waals surface area contributed by atoms with Crippen LogP contribution >= 0.6 is 0 Å². The predicted molar refractivity (Wildman–Crippen MR) is 77.1 cm³/mol. The van der Waals surface area contributed by atoms with Gasteiger partial charge in [-0.05, 0) is 37.1 Å². The number of hydrogen-bond acceptors (Lipinski definition) is 4. The Hall–Kier alpha value is -2.28. The van der Waals surface area contributed by atoms with Crippen LogP contribution in [0, 0.1) is 11.3 Å². The van der Waals surface area contributed by atoms with Gasteiger partial charge in [0, 0.05) is 0 Å². The monoisotopic (exact) mass is 273 g/mol. The van der Waals surface area contributed by atoms with E-state index in [9.17, 15) is 4.79 Å². The van der Waals surface area contributed by atoms with Crippen molar-refractivity contribution >= 4 is 12.0 Å². The lowest BCUT2D eigenvalue weighted by Gasteiger charge is -2.04. The SMILES string of the molecule is CCCCOC(=O)C(C#N)=Cc1ccc(OCC)cc1. The largest absolute Gasteiger partial charge is 0.494 e. The van der Waals surface area contributed by atoms with Crippen molar-refractivity contribution in [3.8, 4) is 11.8 Å². The Morgan fingerprint density at radius 2 is 2.00 bits per heavy atom. The van der Waals surface area contributed by atoms with Crippen LogP contribution < -0.4 is 4.74 Å². The molecule has 0 atom stereocenters. The van der Waals surface area contributed by atoms with Crippen LogP contribution in [0.3, 0.4) is 0 Å². The van der Waals surface area contributed by atoms with Gasteiger partial charge in [0.1, 0.15) is 17.4 Å². The van der Waals surface area contributed by atoms with Crippen molar-refractivity contribution in [1.29, 1.82) is 5.26 Å². The van der Waals surface area contributed by atoms with E-state index in [1.807, 2.05) is 19.9 Å². The Bertz CT molecular complexity index is 497. The number of ether oxygens (including phenoxy) is 2. The molecule has 0 unspecified atom stereocenters. The molecule has 4 nitrogen and oxygen atoms in total. The molecule has 0 spiro atoms. The van der Waals surface area contributed by atoms with Gasteiger partial charge in [-0.3, -0.25) is 0 Å². The highest BCUT2D eigenvalue weighted by Crippen LogP contribution is 2.15. The lowest BCUT2D eigenvalue weighted by molar-refractivity contribution is -0.138. The van der Waals surface area contributed by atoms with Crippen LogP contribution in [-0.2, 0) is 9.53 Å². The van der Waals surface area contributed by atoms with Gasteiger partial charge in [0.05, 0.1) is 13.2 Å². The number of carbonyl (C=O) groups excluding carboxylic acids is 1. The summed E-state index contributed by atoms with van der Waals surface area (Å²) < 4.78 is 10.3. The summed E-state index contributed by atoms with van der Waals surface area (Å²) in [7, 11) is 0. The van der Waals surface area contributed by atoms with Gasteiger partial charge in [-0.15, -0.1) is 0 Å². The van der Waals surface area contributed by atoms with E-state index in [2.05, 4.69) is 0 Å². The summed E-state index contributed by atoms with van der Waals surface area (Å²) in [6.45, 7) is 4.86. The van der Waals surface area contributed by atoms with Gasteiger partial charge in [0.2, 0.25) is 0 Å². The van der Waals surface area contributed by atoms with E-state index < -0.39 is 5.97 Å². The second kappa shape index (κ2) is 8.76. The van der Waals surface area contributed by atoms with Crippen LogP contribution in [-0.4, -0.2) is 19.2 Å². The fourth-order valence-corrected chi connectivity index (χ4v) is 1.52. The normalized spacial score (nSPS) is 10.8.